The van der Waals surface area contributed by atoms with Gasteiger partial charge in [-0.25, -0.2) is 0 Å². The number of likely N-dealkylation sites (tertiary alicyclic amines) is 1. The third-order valence-electron chi connectivity index (χ3n) is 3.56. The van der Waals surface area contributed by atoms with Crippen LogP contribution in [-0.2, 0) is 9.59 Å². The van der Waals surface area contributed by atoms with Gasteiger partial charge in [0.25, 0.3) is 0 Å². The molecule has 1 N–H and O–H groups in total. The van der Waals surface area contributed by atoms with Gasteiger partial charge in [-0.3, -0.25) is 9.59 Å². The fourth-order valence-corrected chi connectivity index (χ4v) is 2.60. The quantitative estimate of drug-likeness (QED) is 0.686. The lowest BCUT2D eigenvalue weighted by Crippen LogP contribution is -2.44. The van der Waals surface area contributed by atoms with Gasteiger partial charge in [-0.05, 0) is 31.0 Å². The highest BCUT2D eigenvalue weighted by Gasteiger charge is 2.28. The zero-order valence-corrected chi connectivity index (χ0v) is 12.4. The van der Waals surface area contributed by atoms with Crippen molar-refractivity contribution >= 4 is 29.1 Å². The Morgan fingerprint density at radius 3 is 3.00 bits per heavy atom. The molecular weight excluding hydrogens is 288 g/mol. The zero-order chi connectivity index (χ0) is 15.2. The summed E-state index contributed by atoms with van der Waals surface area (Å²) in [6.45, 7) is 1.09. The van der Waals surface area contributed by atoms with Crippen molar-refractivity contribution in [3.63, 3.8) is 0 Å². The number of hydrogen-bond donors (Lipinski definition) is 1. The molecule has 1 aromatic rings. The second-order valence-corrected chi connectivity index (χ2v) is 5.29. The Bertz CT molecular complexity index is 580. The van der Waals surface area contributed by atoms with Crippen molar-refractivity contribution < 1.29 is 9.59 Å². The predicted molar refractivity (Wildman–Crippen MR) is 83.0 cm³/mol. The van der Waals surface area contributed by atoms with E-state index in [9.17, 15) is 9.59 Å². The Balaban J connectivity index is 1.99. The van der Waals surface area contributed by atoms with Crippen LogP contribution in [0.5, 0.6) is 0 Å². The molecule has 2 amide bonds. The van der Waals surface area contributed by atoms with Crippen LogP contribution in [-0.4, -0.2) is 35.7 Å². The molecule has 0 saturated carbocycles. The molecule has 4 nitrogen and oxygen atoms in total. The molecule has 2 rings (SSSR count). The van der Waals surface area contributed by atoms with Gasteiger partial charge in [0.15, 0.2) is 0 Å². The van der Waals surface area contributed by atoms with E-state index >= 15 is 0 Å². The number of piperidine rings is 1. The molecule has 0 bridgehead atoms. The molecule has 1 aliphatic heterocycles. The summed E-state index contributed by atoms with van der Waals surface area (Å²) < 4.78 is 0. The number of hydrogen-bond acceptors (Lipinski definition) is 2. The van der Waals surface area contributed by atoms with E-state index in [-0.39, 0.29) is 23.6 Å². The first kappa shape index (κ1) is 15.4. The van der Waals surface area contributed by atoms with E-state index in [1.54, 1.807) is 29.2 Å². The number of amides is 2. The predicted octanol–water partition coefficient (Wildman–Crippen LogP) is 2.08. The molecule has 21 heavy (non-hydrogen) atoms. The van der Waals surface area contributed by atoms with E-state index in [1.807, 2.05) is 0 Å². The summed E-state index contributed by atoms with van der Waals surface area (Å²) in [5.74, 6) is 2.07. The average Bonchev–Trinajstić information content (AvgIpc) is 2.54. The maximum Gasteiger partial charge on any atom is 0.237 e. The van der Waals surface area contributed by atoms with Crippen molar-refractivity contribution in [1.29, 1.82) is 0 Å². The van der Waals surface area contributed by atoms with Crippen molar-refractivity contribution in [1.82, 2.24) is 4.90 Å². The van der Waals surface area contributed by atoms with Crippen LogP contribution >= 0.6 is 11.6 Å². The van der Waals surface area contributed by atoms with Crippen molar-refractivity contribution in [3.8, 4) is 12.3 Å². The average molecular weight is 305 g/mol. The van der Waals surface area contributed by atoms with Crippen LogP contribution < -0.4 is 5.32 Å². The fourth-order valence-electron chi connectivity index (χ4n) is 2.43. The highest BCUT2D eigenvalue weighted by molar-refractivity contribution is 6.27. The summed E-state index contributed by atoms with van der Waals surface area (Å²) in [6, 6.07) is 7.15. The summed E-state index contributed by atoms with van der Waals surface area (Å²) in [7, 11) is 0. The summed E-state index contributed by atoms with van der Waals surface area (Å²) in [4.78, 5) is 25.6. The number of nitrogens with zero attached hydrogens (tertiary/aromatic N) is 1. The Kier molecular flexibility index (Phi) is 5.24. The van der Waals surface area contributed by atoms with Gasteiger partial charge in [0.1, 0.15) is 5.88 Å². The topological polar surface area (TPSA) is 49.4 Å². The van der Waals surface area contributed by atoms with Gasteiger partial charge in [-0.2, -0.15) is 0 Å². The number of anilines is 1. The van der Waals surface area contributed by atoms with Crippen molar-refractivity contribution in [2.45, 2.75) is 12.8 Å². The molecule has 110 valence electrons. The molecule has 1 heterocycles. The van der Waals surface area contributed by atoms with Crippen LogP contribution in [0.25, 0.3) is 0 Å². The van der Waals surface area contributed by atoms with E-state index in [4.69, 9.17) is 18.0 Å². The van der Waals surface area contributed by atoms with Crippen LogP contribution in [0.15, 0.2) is 24.3 Å². The summed E-state index contributed by atoms with van der Waals surface area (Å²) in [6.07, 6.45) is 6.92. The first-order valence-electron chi connectivity index (χ1n) is 6.85. The third kappa shape index (κ3) is 3.99. The Hall–Kier alpha value is -1.99. The lowest BCUT2D eigenvalue weighted by atomic mass is 9.97. The van der Waals surface area contributed by atoms with Gasteiger partial charge in [-0.15, -0.1) is 18.0 Å². The number of nitrogens with one attached hydrogen (secondary N) is 1. The number of carbonyl (C=O) groups excluding carboxylic acids is 2. The van der Waals surface area contributed by atoms with Crippen molar-refractivity contribution in [2.24, 2.45) is 5.92 Å². The SMILES string of the molecule is C#Cc1cccc(NC(=O)C2CCCN(C(=O)CCl)C2)c1. The largest absolute Gasteiger partial charge is 0.341 e. The van der Waals surface area contributed by atoms with E-state index in [0.717, 1.165) is 18.4 Å². The van der Waals surface area contributed by atoms with E-state index in [2.05, 4.69) is 11.2 Å². The second-order valence-electron chi connectivity index (χ2n) is 5.03. The molecule has 1 aromatic carbocycles. The van der Waals surface area contributed by atoms with E-state index in [1.165, 1.54) is 0 Å². The minimum Gasteiger partial charge on any atom is -0.341 e. The molecule has 0 radical (unpaired) electrons. The molecule has 0 aliphatic carbocycles. The standard InChI is InChI=1S/C16H17ClN2O2/c1-2-12-5-3-7-14(9-12)18-16(21)13-6-4-8-19(11-13)15(20)10-17/h1,3,5,7,9,13H,4,6,8,10-11H2,(H,18,21). The zero-order valence-electron chi connectivity index (χ0n) is 11.6. The highest BCUT2D eigenvalue weighted by Crippen LogP contribution is 2.19. The second kappa shape index (κ2) is 7.14. The normalized spacial score (nSPS) is 17.9. The van der Waals surface area contributed by atoms with Crippen molar-refractivity contribution in [3.05, 3.63) is 29.8 Å². The minimum atomic E-state index is -0.208. The number of halogens is 1. The summed E-state index contributed by atoms with van der Waals surface area (Å²) in [5.41, 5.74) is 1.40. The van der Waals surface area contributed by atoms with Gasteiger partial charge in [0, 0.05) is 24.3 Å². The molecule has 1 unspecified atom stereocenters. The lowest BCUT2D eigenvalue weighted by molar-refractivity contribution is -0.132. The van der Waals surface area contributed by atoms with Gasteiger partial charge in [0.2, 0.25) is 11.8 Å². The van der Waals surface area contributed by atoms with Crippen molar-refractivity contribution in [2.75, 3.05) is 24.3 Å². The molecule has 1 saturated heterocycles. The molecule has 1 aliphatic rings. The van der Waals surface area contributed by atoms with Gasteiger partial charge >= 0.3 is 0 Å². The number of carbonyl (C=O) groups is 2. The van der Waals surface area contributed by atoms with Crippen LogP contribution in [0, 0.1) is 18.3 Å². The maximum absolute atomic E-state index is 12.3. The molecule has 5 heteroatoms. The lowest BCUT2D eigenvalue weighted by Gasteiger charge is -2.31. The molecule has 0 aromatic heterocycles. The number of alkyl halides is 1. The molecule has 1 atom stereocenters. The number of terminal acetylenes is 1. The molecule has 1 fully saturated rings. The number of benzene rings is 1. The third-order valence-corrected chi connectivity index (χ3v) is 3.78. The Labute approximate surface area is 129 Å². The van der Waals surface area contributed by atoms with Crippen LogP contribution in [0.4, 0.5) is 5.69 Å². The Morgan fingerprint density at radius 1 is 1.48 bits per heavy atom. The number of rotatable bonds is 3. The minimum absolute atomic E-state index is 0.0431. The summed E-state index contributed by atoms with van der Waals surface area (Å²) in [5, 5.41) is 2.86. The monoisotopic (exact) mass is 304 g/mol. The summed E-state index contributed by atoms with van der Waals surface area (Å²) >= 11 is 5.57. The van der Waals surface area contributed by atoms with Crippen LogP contribution in [0.3, 0.4) is 0 Å². The smallest absolute Gasteiger partial charge is 0.237 e. The van der Waals surface area contributed by atoms with Gasteiger partial charge in [0.05, 0.1) is 5.92 Å². The van der Waals surface area contributed by atoms with Crippen LogP contribution in [0.1, 0.15) is 18.4 Å². The highest BCUT2D eigenvalue weighted by atomic mass is 35.5. The molecular formula is C16H17ClN2O2. The molecule has 0 spiro atoms. The van der Waals surface area contributed by atoms with Gasteiger partial charge < -0.3 is 10.2 Å². The Morgan fingerprint density at radius 2 is 2.29 bits per heavy atom. The maximum atomic E-state index is 12.3. The van der Waals surface area contributed by atoms with E-state index < -0.39 is 0 Å². The van der Waals surface area contributed by atoms with Crippen LogP contribution in [0.2, 0.25) is 0 Å². The first-order chi connectivity index (χ1) is 10.1. The fraction of sp³-hybridized carbons (Fsp3) is 0.375. The first-order valence-corrected chi connectivity index (χ1v) is 7.38. The van der Waals surface area contributed by atoms with E-state index in [0.29, 0.717) is 18.8 Å². The van der Waals surface area contributed by atoms with Gasteiger partial charge in [-0.1, -0.05) is 12.0 Å².